The van der Waals surface area contributed by atoms with E-state index in [9.17, 15) is 22.0 Å². The van der Waals surface area contributed by atoms with Crippen LogP contribution in [-0.4, -0.2) is 25.5 Å². The molecule has 5 nitrogen and oxygen atoms in total. The molecule has 20 heavy (non-hydrogen) atoms. The third-order valence-corrected chi connectivity index (χ3v) is 4.40. The predicted octanol–water partition coefficient (Wildman–Crippen LogP) is 1.27. The summed E-state index contributed by atoms with van der Waals surface area (Å²) in [7, 11) is -4.03. The van der Waals surface area contributed by atoms with Gasteiger partial charge in [0.05, 0.1) is 10.8 Å². The van der Waals surface area contributed by atoms with Crippen molar-refractivity contribution in [3.8, 4) is 0 Å². The maximum Gasteiger partial charge on any atom is 0.310 e. The number of halogens is 2. The molecule has 1 aliphatic carbocycles. The number of carboxylic acids is 1. The van der Waals surface area contributed by atoms with Gasteiger partial charge in [-0.1, -0.05) is 12.2 Å². The second kappa shape index (κ2) is 5.29. The van der Waals surface area contributed by atoms with Crippen LogP contribution >= 0.6 is 0 Å². The summed E-state index contributed by atoms with van der Waals surface area (Å²) >= 11 is 0. The molecule has 2 unspecified atom stereocenters. The van der Waals surface area contributed by atoms with E-state index in [4.69, 9.17) is 5.11 Å². The molecule has 0 saturated carbocycles. The molecule has 0 heterocycles. The molecule has 1 aromatic carbocycles. The van der Waals surface area contributed by atoms with Crippen molar-refractivity contribution in [1.82, 2.24) is 4.72 Å². The molecule has 0 fully saturated rings. The highest BCUT2D eigenvalue weighted by atomic mass is 32.2. The molecule has 0 spiro atoms. The number of carbonyl (C=O) groups is 1. The van der Waals surface area contributed by atoms with Gasteiger partial charge < -0.3 is 5.11 Å². The number of sulfonamides is 1. The van der Waals surface area contributed by atoms with Gasteiger partial charge in [-0.25, -0.2) is 21.9 Å². The summed E-state index contributed by atoms with van der Waals surface area (Å²) < 4.78 is 51.9. The van der Waals surface area contributed by atoms with Crippen molar-refractivity contribution in [2.75, 3.05) is 0 Å². The van der Waals surface area contributed by atoms with Crippen molar-refractivity contribution >= 4 is 16.0 Å². The Labute approximate surface area is 114 Å². The van der Waals surface area contributed by atoms with Crippen LogP contribution in [0.3, 0.4) is 0 Å². The Bertz CT molecular complexity index is 672. The molecule has 0 aliphatic heterocycles. The summed E-state index contributed by atoms with van der Waals surface area (Å²) in [6.45, 7) is 0. The lowest BCUT2D eigenvalue weighted by Gasteiger charge is -2.12. The van der Waals surface area contributed by atoms with E-state index in [-0.39, 0.29) is 6.42 Å². The molecule has 0 amide bonds. The minimum Gasteiger partial charge on any atom is -0.481 e. The zero-order chi connectivity index (χ0) is 14.9. The Hall–Kier alpha value is -1.80. The van der Waals surface area contributed by atoms with Crippen molar-refractivity contribution in [2.24, 2.45) is 5.92 Å². The Morgan fingerprint density at radius 3 is 2.50 bits per heavy atom. The van der Waals surface area contributed by atoms with E-state index in [2.05, 4.69) is 4.72 Å². The second-order valence-electron chi connectivity index (χ2n) is 4.37. The average Bonchev–Trinajstić information content (AvgIpc) is 2.80. The van der Waals surface area contributed by atoms with Crippen LogP contribution in [0.15, 0.2) is 35.2 Å². The van der Waals surface area contributed by atoms with Crippen LogP contribution < -0.4 is 4.72 Å². The highest BCUT2D eigenvalue weighted by Gasteiger charge is 2.28. The number of benzene rings is 1. The van der Waals surface area contributed by atoms with E-state index in [1.807, 2.05) is 0 Å². The van der Waals surface area contributed by atoms with Crippen molar-refractivity contribution < 1.29 is 27.1 Å². The first kappa shape index (κ1) is 14.6. The zero-order valence-electron chi connectivity index (χ0n) is 10.1. The SMILES string of the molecule is O=C(O)C1C=CC(NS(=O)(=O)c2ccc(F)c(F)c2)C1. The molecule has 1 aromatic rings. The fourth-order valence-corrected chi connectivity index (χ4v) is 3.10. The number of rotatable bonds is 4. The van der Waals surface area contributed by atoms with E-state index in [1.165, 1.54) is 12.2 Å². The molecule has 0 radical (unpaired) electrons. The van der Waals surface area contributed by atoms with Crippen molar-refractivity contribution in [3.63, 3.8) is 0 Å². The van der Waals surface area contributed by atoms with E-state index < -0.39 is 44.5 Å². The van der Waals surface area contributed by atoms with Crippen LogP contribution in [0, 0.1) is 17.6 Å². The van der Waals surface area contributed by atoms with Crippen molar-refractivity contribution in [1.29, 1.82) is 0 Å². The summed E-state index contributed by atoms with van der Waals surface area (Å²) in [5.74, 6) is -4.21. The predicted molar refractivity (Wildman–Crippen MR) is 65.4 cm³/mol. The monoisotopic (exact) mass is 303 g/mol. The third-order valence-electron chi connectivity index (χ3n) is 2.91. The van der Waals surface area contributed by atoms with Crippen LogP contribution in [0.4, 0.5) is 8.78 Å². The number of hydrogen-bond acceptors (Lipinski definition) is 3. The highest BCUT2D eigenvalue weighted by Crippen LogP contribution is 2.21. The molecule has 1 aliphatic rings. The molecule has 2 rings (SSSR count). The summed E-state index contributed by atoms with van der Waals surface area (Å²) in [5.41, 5.74) is 0. The van der Waals surface area contributed by atoms with E-state index in [0.29, 0.717) is 12.1 Å². The molecular weight excluding hydrogens is 292 g/mol. The lowest BCUT2D eigenvalue weighted by atomic mass is 10.1. The molecule has 2 atom stereocenters. The Morgan fingerprint density at radius 2 is 1.95 bits per heavy atom. The van der Waals surface area contributed by atoms with Gasteiger partial charge in [-0.3, -0.25) is 4.79 Å². The first-order chi connectivity index (χ1) is 9.29. The number of aliphatic carboxylic acids is 1. The van der Waals surface area contributed by atoms with Gasteiger partial charge in [0.15, 0.2) is 11.6 Å². The lowest BCUT2D eigenvalue weighted by Crippen LogP contribution is -2.33. The number of hydrogen-bond donors (Lipinski definition) is 2. The van der Waals surface area contributed by atoms with E-state index in [0.717, 1.165) is 6.07 Å². The smallest absolute Gasteiger partial charge is 0.310 e. The quantitative estimate of drug-likeness (QED) is 0.821. The second-order valence-corrected chi connectivity index (χ2v) is 6.08. The number of nitrogens with one attached hydrogen (secondary N) is 1. The van der Waals surface area contributed by atoms with Crippen LogP contribution in [-0.2, 0) is 14.8 Å². The summed E-state index contributed by atoms with van der Waals surface area (Å²) in [6.07, 6.45) is 2.90. The largest absolute Gasteiger partial charge is 0.481 e. The van der Waals surface area contributed by atoms with Gasteiger partial charge in [-0.2, -0.15) is 0 Å². The fraction of sp³-hybridized carbons (Fsp3) is 0.250. The summed E-state index contributed by atoms with van der Waals surface area (Å²) in [6, 6.07) is 1.54. The normalized spacial score (nSPS) is 22.1. The summed E-state index contributed by atoms with van der Waals surface area (Å²) in [5, 5.41) is 8.79. The minimum atomic E-state index is -4.03. The molecule has 2 N–H and O–H groups in total. The Balaban J connectivity index is 2.14. The van der Waals surface area contributed by atoms with Crippen molar-refractivity contribution in [2.45, 2.75) is 17.4 Å². The lowest BCUT2D eigenvalue weighted by molar-refractivity contribution is -0.140. The molecular formula is C12H11F2NO4S. The minimum absolute atomic E-state index is 0.0816. The van der Waals surface area contributed by atoms with Gasteiger partial charge in [0, 0.05) is 6.04 Å². The molecule has 0 bridgehead atoms. The van der Waals surface area contributed by atoms with Gasteiger partial charge in [-0.15, -0.1) is 0 Å². The molecule has 0 saturated heterocycles. The number of carboxylic acid groups (broad SMARTS) is 1. The van der Waals surface area contributed by atoms with Crippen LogP contribution in [0.1, 0.15) is 6.42 Å². The third kappa shape index (κ3) is 3.02. The zero-order valence-corrected chi connectivity index (χ0v) is 10.9. The van der Waals surface area contributed by atoms with E-state index in [1.54, 1.807) is 0 Å². The van der Waals surface area contributed by atoms with Gasteiger partial charge in [-0.05, 0) is 24.6 Å². The van der Waals surface area contributed by atoms with Crippen LogP contribution in [0.25, 0.3) is 0 Å². The first-order valence-corrected chi connectivity index (χ1v) is 7.16. The van der Waals surface area contributed by atoms with Gasteiger partial charge >= 0.3 is 5.97 Å². The molecule has 108 valence electrons. The highest BCUT2D eigenvalue weighted by molar-refractivity contribution is 7.89. The van der Waals surface area contributed by atoms with Gasteiger partial charge in [0.2, 0.25) is 10.0 Å². The topological polar surface area (TPSA) is 83.5 Å². The Morgan fingerprint density at radius 1 is 1.25 bits per heavy atom. The van der Waals surface area contributed by atoms with Gasteiger partial charge in [0.1, 0.15) is 0 Å². The first-order valence-electron chi connectivity index (χ1n) is 5.68. The van der Waals surface area contributed by atoms with Crippen LogP contribution in [0.2, 0.25) is 0 Å². The Kier molecular flexibility index (Phi) is 3.87. The maximum atomic E-state index is 13.0. The maximum absolute atomic E-state index is 13.0. The molecule has 8 heteroatoms. The summed E-state index contributed by atoms with van der Waals surface area (Å²) in [4.78, 5) is 10.3. The molecule has 0 aromatic heterocycles. The standard InChI is InChI=1S/C12H11F2NO4S/c13-10-4-3-9(6-11(10)14)20(18,19)15-8-2-1-7(5-8)12(16)17/h1-4,6-8,15H,5H2,(H,16,17). The average molecular weight is 303 g/mol. The van der Waals surface area contributed by atoms with E-state index >= 15 is 0 Å². The van der Waals surface area contributed by atoms with Crippen LogP contribution in [0.5, 0.6) is 0 Å². The fourth-order valence-electron chi connectivity index (χ4n) is 1.88. The van der Waals surface area contributed by atoms with Gasteiger partial charge in [0.25, 0.3) is 0 Å². The van der Waals surface area contributed by atoms with Crippen molar-refractivity contribution in [3.05, 3.63) is 42.0 Å².